The van der Waals surface area contributed by atoms with Crippen LogP contribution in [0, 0.1) is 0 Å². The van der Waals surface area contributed by atoms with Crippen LogP contribution >= 0.6 is 0 Å². The summed E-state index contributed by atoms with van der Waals surface area (Å²) in [5.41, 5.74) is 8.00. The Balaban J connectivity index is 2.44. The summed E-state index contributed by atoms with van der Waals surface area (Å²) in [5.74, 6) is 0.834. The molecule has 0 saturated heterocycles. The smallest absolute Gasteiger partial charge is 0.127 e. The van der Waals surface area contributed by atoms with E-state index in [-0.39, 0.29) is 5.75 Å². The minimum absolute atomic E-state index is 0.198. The highest BCUT2D eigenvalue weighted by Crippen LogP contribution is 2.32. The fraction of sp³-hybridized carbons (Fsp3) is 0.0769. The number of hydrogen-bond donors (Lipinski definition) is 2. The zero-order valence-corrected chi connectivity index (χ0v) is 8.97. The molecule has 2 aromatic carbocycles. The zero-order valence-electron chi connectivity index (χ0n) is 8.97. The second kappa shape index (κ2) is 4.14. The van der Waals surface area contributed by atoms with Crippen LogP contribution in [0.4, 0.5) is 5.69 Å². The number of phenols is 1. The maximum atomic E-state index is 9.83. The van der Waals surface area contributed by atoms with Crippen LogP contribution in [-0.4, -0.2) is 12.2 Å². The molecule has 16 heavy (non-hydrogen) atoms. The second-order valence-electron chi connectivity index (χ2n) is 3.51. The van der Waals surface area contributed by atoms with Crippen LogP contribution in [0.5, 0.6) is 11.5 Å². The van der Waals surface area contributed by atoms with Gasteiger partial charge in [0.05, 0.1) is 7.11 Å². The fourth-order valence-corrected chi connectivity index (χ4v) is 1.55. The monoisotopic (exact) mass is 215 g/mol. The van der Waals surface area contributed by atoms with Crippen LogP contribution in [0.15, 0.2) is 42.5 Å². The molecule has 0 aliphatic rings. The summed E-state index contributed by atoms with van der Waals surface area (Å²) in [6, 6.07) is 12.6. The summed E-state index contributed by atoms with van der Waals surface area (Å²) < 4.78 is 5.02. The topological polar surface area (TPSA) is 55.5 Å². The first-order valence-electron chi connectivity index (χ1n) is 4.93. The van der Waals surface area contributed by atoms with Crippen molar-refractivity contribution in [3.05, 3.63) is 42.5 Å². The van der Waals surface area contributed by atoms with Crippen molar-refractivity contribution in [2.24, 2.45) is 0 Å². The lowest BCUT2D eigenvalue weighted by atomic mass is 10.0. The van der Waals surface area contributed by atoms with Gasteiger partial charge in [-0.1, -0.05) is 12.1 Å². The normalized spacial score (nSPS) is 10.1. The fourth-order valence-electron chi connectivity index (χ4n) is 1.55. The lowest BCUT2D eigenvalue weighted by Gasteiger charge is -2.07. The number of phenolic OH excluding ortho intramolecular Hbond substituents is 1. The van der Waals surface area contributed by atoms with E-state index >= 15 is 0 Å². The second-order valence-corrected chi connectivity index (χ2v) is 3.51. The maximum Gasteiger partial charge on any atom is 0.127 e. The number of nitrogen functional groups attached to an aromatic ring is 1. The van der Waals surface area contributed by atoms with Crippen molar-refractivity contribution in [2.45, 2.75) is 0 Å². The molecule has 3 N–H and O–H groups in total. The average molecular weight is 215 g/mol. The molecule has 0 aromatic heterocycles. The van der Waals surface area contributed by atoms with Gasteiger partial charge in [-0.15, -0.1) is 0 Å². The number of methoxy groups -OCH3 is 1. The first-order valence-corrected chi connectivity index (χ1v) is 4.93. The van der Waals surface area contributed by atoms with E-state index in [0.717, 1.165) is 11.1 Å². The Morgan fingerprint density at radius 3 is 2.31 bits per heavy atom. The van der Waals surface area contributed by atoms with E-state index in [0.29, 0.717) is 11.4 Å². The maximum absolute atomic E-state index is 9.83. The zero-order chi connectivity index (χ0) is 11.5. The highest BCUT2D eigenvalue weighted by molar-refractivity contribution is 5.72. The van der Waals surface area contributed by atoms with Crippen molar-refractivity contribution in [3.8, 4) is 22.6 Å². The summed E-state index contributed by atoms with van der Waals surface area (Å²) in [4.78, 5) is 0. The number of aromatic hydroxyl groups is 1. The lowest BCUT2D eigenvalue weighted by Crippen LogP contribution is -1.86. The summed E-state index contributed by atoms with van der Waals surface area (Å²) in [6.45, 7) is 0. The Morgan fingerprint density at radius 1 is 1.06 bits per heavy atom. The van der Waals surface area contributed by atoms with Crippen LogP contribution in [0.2, 0.25) is 0 Å². The molecule has 0 bridgehead atoms. The molecule has 3 heteroatoms. The third-order valence-electron chi connectivity index (χ3n) is 2.43. The molecule has 0 atom stereocenters. The van der Waals surface area contributed by atoms with Gasteiger partial charge in [-0.25, -0.2) is 0 Å². The quantitative estimate of drug-likeness (QED) is 0.757. The van der Waals surface area contributed by atoms with Crippen molar-refractivity contribution >= 4 is 5.69 Å². The van der Waals surface area contributed by atoms with Gasteiger partial charge in [0, 0.05) is 17.3 Å². The van der Waals surface area contributed by atoms with Gasteiger partial charge in [-0.05, 0) is 29.8 Å². The lowest BCUT2D eigenvalue weighted by molar-refractivity contribution is 0.408. The summed E-state index contributed by atoms with van der Waals surface area (Å²) in [6.07, 6.45) is 0. The number of hydrogen-bond acceptors (Lipinski definition) is 3. The van der Waals surface area contributed by atoms with E-state index in [1.54, 1.807) is 25.3 Å². The summed E-state index contributed by atoms with van der Waals surface area (Å²) >= 11 is 0. The first kappa shape index (κ1) is 10.4. The Hall–Kier alpha value is -2.16. The molecule has 0 unspecified atom stereocenters. The van der Waals surface area contributed by atoms with E-state index in [1.807, 2.05) is 24.3 Å². The van der Waals surface area contributed by atoms with Crippen LogP contribution in [-0.2, 0) is 0 Å². The molecule has 0 saturated carbocycles. The van der Waals surface area contributed by atoms with E-state index in [9.17, 15) is 5.11 Å². The van der Waals surface area contributed by atoms with Gasteiger partial charge in [0.15, 0.2) is 0 Å². The van der Waals surface area contributed by atoms with Crippen LogP contribution in [0.25, 0.3) is 11.1 Å². The van der Waals surface area contributed by atoms with E-state index in [4.69, 9.17) is 10.5 Å². The highest BCUT2D eigenvalue weighted by Gasteiger charge is 2.05. The average Bonchev–Trinajstić information content (AvgIpc) is 2.30. The van der Waals surface area contributed by atoms with Crippen LogP contribution in [0.1, 0.15) is 0 Å². The van der Waals surface area contributed by atoms with Crippen molar-refractivity contribution in [3.63, 3.8) is 0 Å². The van der Waals surface area contributed by atoms with Gasteiger partial charge in [-0.3, -0.25) is 0 Å². The standard InChI is InChI=1S/C13H13NO2/c1-16-11-6-7-12(13(15)8-11)9-2-4-10(14)5-3-9/h2-8,15H,14H2,1H3. The van der Waals surface area contributed by atoms with Gasteiger partial charge in [0.25, 0.3) is 0 Å². The molecule has 0 radical (unpaired) electrons. The largest absolute Gasteiger partial charge is 0.507 e. The van der Waals surface area contributed by atoms with Crippen molar-refractivity contribution in [2.75, 3.05) is 12.8 Å². The van der Waals surface area contributed by atoms with Gasteiger partial charge in [0.1, 0.15) is 11.5 Å². The van der Waals surface area contributed by atoms with Crippen LogP contribution < -0.4 is 10.5 Å². The van der Waals surface area contributed by atoms with Gasteiger partial charge in [0.2, 0.25) is 0 Å². The molecule has 0 aliphatic carbocycles. The number of rotatable bonds is 2. The van der Waals surface area contributed by atoms with Crippen LogP contribution in [0.3, 0.4) is 0 Å². The summed E-state index contributed by atoms with van der Waals surface area (Å²) in [7, 11) is 1.57. The Labute approximate surface area is 94.1 Å². The predicted molar refractivity (Wildman–Crippen MR) is 64.5 cm³/mol. The van der Waals surface area contributed by atoms with Gasteiger partial charge in [-0.2, -0.15) is 0 Å². The third-order valence-corrected chi connectivity index (χ3v) is 2.43. The van der Waals surface area contributed by atoms with Crippen molar-refractivity contribution in [1.29, 1.82) is 0 Å². The molecule has 0 aliphatic heterocycles. The SMILES string of the molecule is COc1ccc(-c2ccc(N)cc2)c(O)c1. The molecule has 2 aromatic rings. The van der Waals surface area contributed by atoms with Gasteiger partial charge >= 0.3 is 0 Å². The Morgan fingerprint density at radius 2 is 1.75 bits per heavy atom. The van der Waals surface area contributed by atoms with Gasteiger partial charge < -0.3 is 15.6 Å². The minimum Gasteiger partial charge on any atom is -0.507 e. The highest BCUT2D eigenvalue weighted by atomic mass is 16.5. The summed E-state index contributed by atoms with van der Waals surface area (Å²) in [5, 5.41) is 9.83. The van der Waals surface area contributed by atoms with Crippen molar-refractivity contribution in [1.82, 2.24) is 0 Å². The molecule has 0 spiro atoms. The molecule has 0 heterocycles. The van der Waals surface area contributed by atoms with E-state index < -0.39 is 0 Å². The Kier molecular flexibility index (Phi) is 2.68. The molecule has 2 rings (SSSR count). The Bertz CT molecular complexity index is 492. The number of ether oxygens (including phenoxy) is 1. The third kappa shape index (κ3) is 1.93. The predicted octanol–water partition coefficient (Wildman–Crippen LogP) is 2.65. The number of benzene rings is 2. The molecule has 3 nitrogen and oxygen atoms in total. The van der Waals surface area contributed by atoms with E-state index in [2.05, 4.69) is 0 Å². The van der Waals surface area contributed by atoms with Crippen molar-refractivity contribution < 1.29 is 9.84 Å². The number of anilines is 1. The molecule has 82 valence electrons. The molecular formula is C13H13NO2. The van der Waals surface area contributed by atoms with E-state index in [1.165, 1.54) is 0 Å². The minimum atomic E-state index is 0.198. The molecule has 0 amide bonds. The number of nitrogens with two attached hydrogens (primary N) is 1. The molecule has 0 fully saturated rings. The first-order chi connectivity index (χ1) is 7.70. The molecular weight excluding hydrogens is 202 g/mol.